The summed E-state index contributed by atoms with van der Waals surface area (Å²) in [5.41, 5.74) is 0. The highest BCUT2D eigenvalue weighted by molar-refractivity contribution is 7.80. The summed E-state index contributed by atoms with van der Waals surface area (Å²) in [7, 11) is 0. The van der Waals surface area contributed by atoms with E-state index in [2.05, 4.69) is 6.58 Å². The van der Waals surface area contributed by atoms with Crippen molar-refractivity contribution in [2.24, 2.45) is 0 Å². The number of ether oxygens (including phenoxy) is 2. The molecule has 0 saturated carbocycles. The van der Waals surface area contributed by atoms with Crippen molar-refractivity contribution in [1.29, 1.82) is 0 Å². The van der Waals surface area contributed by atoms with Crippen molar-refractivity contribution in [3.05, 3.63) is 12.7 Å². The van der Waals surface area contributed by atoms with Gasteiger partial charge in [-0.15, -0.1) is 6.58 Å². The van der Waals surface area contributed by atoms with Crippen molar-refractivity contribution in [2.75, 3.05) is 13.2 Å². The highest BCUT2D eigenvalue weighted by atomic mass is 32.1. The molecule has 0 unspecified atom stereocenters. The summed E-state index contributed by atoms with van der Waals surface area (Å²) in [5, 5.41) is 0.131. The number of nitrogens with zero attached hydrogens (tertiary/aromatic N) is 1. The fourth-order valence-corrected chi connectivity index (χ4v) is 1.58. The molecular weight excluding hydrogens is 230 g/mol. The SMILES string of the molecule is C=CC[C@@H](OC(C)=O)C(=O)N1CCOC1=S. The molecule has 1 rings (SSSR count). The van der Waals surface area contributed by atoms with Crippen LogP contribution < -0.4 is 0 Å². The standard InChI is InChI=1S/C10H13NO4S/c1-3-4-8(15-7(2)12)9(13)11-5-6-14-10(11)16/h3,8H,1,4-6H2,2H3/t8-/m1/s1. The summed E-state index contributed by atoms with van der Waals surface area (Å²) >= 11 is 4.85. The molecular formula is C10H13NO4S. The van der Waals surface area contributed by atoms with Crippen LogP contribution in [0.4, 0.5) is 0 Å². The van der Waals surface area contributed by atoms with E-state index in [1.807, 2.05) is 0 Å². The zero-order valence-electron chi connectivity index (χ0n) is 8.97. The first kappa shape index (κ1) is 12.6. The van der Waals surface area contributed by atoms with Gasteiger partial charge in [0.15, 0.2) is 6.10 Å². The molecule has 0 aromatic heterocycles. The van der Waals surface area contributed by atoms with Crippen molar-refractivity contribution in [2.45, 2.75) is 19.4 Å². The van der Waals surface area contributed by atoms with Gasteiger partial charge < -0.3 is 9.47 Å². The van der Waals surface area contributed by atoms with E-state index in [1.54, 1.807) is 0 Å². The molecule has 1 amide bonds. The second-order valence-corrected chi connectivity index (χ2v) is 3.58. The van der Waals surface area contributed by atoms with Gasteiger partial charge in [-0.25, -0.2) is 0 Å². The van der Waals surface area contributed by atoms with Crippen LogP contribution in [0.1, 0.15) is 13.3 Å². The predicted octanol–water partition coefficient (Wildman–Crippen LogP) is 0.638. The Bertz CT molecular complexity index is 329. The van der Waals surface area contributed by atoms with Crippen LogP contribution in [0.5, 0.6) is 0 Å². The van der Waals surface area contributed by atoms with Gasteiger partial charge in [0.05, 0.1) is 6.54 Å². The topological polar surface area (TPSA) is 55.8 Å². The van der Waals surface area contributed by atoms with Gasteiger partial charge in [0.2, 0.25) is 0 Å². The number of hydrogen-bond acceptors (Lipinski definition) is 5. The normalized spacial score (nSPS) is 16.6. The predicted molar refractivity (Wildman–Crippen MR) is 60.6 cm³/mol. The summed E-state index contributed by atoms with van der Waals surface area (Å²) in [6, 6.07) is 0. The number of thiocarbonyl (C=S) groups is 1. The number of esters is 1. The number of carbonyl (C=O) groups excluding carboxylic acids is 2. The molecule has 1 fully saturated rings. The van der Waals surface area contributed by atoms with Crippen LogP contribution >= 0.6 is 12.2 Å². The van der Waals surface area contributed by atoms with Crippen molar-refractivity contribution < 1.29 is 19.1 Å². The van der Waals surface area contributed by atoms with Gasteiger partial charge >= 0.3 is 5.97 Å². The molecule has 0 aromatic rings. The summed E-state index contributed by atoms with van der Waals surface area (Å²) in [4.78, 5) is 24.1. The third-order valence-electron chi connectivity index (χ3n) is 1.99. The molecule has 1 aliphatic rings. The fourth-order valence-electron chi connectivity index (χ4n) is 1.32. The first-order chi connectivity index (χ1) is 7.56. The Hall–Kier alpha value is -1.43. The number of carbonyl (C=O) groups is 2. The van der Waals surface area contributed by atoms with Crippen LogP contribution in [0.15, 0.2) is 12.7 Å². The summed E-state index contributed by atoms with van der Waals surface area (Å²) in [6.45, 7) is 5.54. The largest absolute Gasteiger partial charge is 0.469 e. The first-order valence-electron chi connectivity index (χ1n) is 4.82. The maximum absolute atomic E-state index is 11.9. The minimum absolute atomic E-state index is 0.131. The van der Waals surface area contributed by atoms with Crippen LogP contribution in [0.2, 0.25) is 0 Å². The molecule has 0 N–H and O–H groups in total. The minimum atomic E-state index is -0.866. The van der Waals surface area contributed by atoms with E-state index < -0.39 is 12.1 Å². The Labute approximate surface area is 99.0 Å². The maximum atomic E-state index is 11.9. The molecule has 0 spiro atoms. The van der Waals surface area contributed by atoms with Crippen molar-refractivity contribution in [3.8, 4) is 0 Å². The monoisotopic (exact) mass is 243 g/mol. The van der Waals surface area contributed by atoms with E-state index in [-0.39, 0.29) is 17.5 Å². The van der Waals surface area contributed by atoms with Gasteiger partial charge in [0, 0.05) is 13.3 Å². The van der Waals surface area contributed by atoms with Gasteiger partial charge in [-0.1, -0.05) is 6.08 Å². The highest BCUT2D eigenvalue weighted by Crippen LogP contribution is 2.11. The second-order valence-electron chi connectivity index (χ2n) is 3.23. The van der Waals surface area contributed by atoms with Gasteiger partial charge in [-0.05, 0) is 12.2 Å². The smallest absolute Gasteiger partial charge is 0.303 e. The second kappa shape index (κ2) is 5.60. The van der Waals surface area contributed by atoms with E-state index in [0.29, 0.717) is 13.2 Å². The van der Waals surface area contributed by atoms with Crippen molar-refractivity contribution in [1.82, 2.24) is 4.90 Å². The molecule has 1 atom stereocenters. The lowest BCUT2D eigenvalue weighted by Crippen LogP contribution is -2.41. The van der Waals surface area contributed by atoms with E-state index in [0.717, 1.165) is 0 Å². The van der Waals surface area contributed by atoms with E-state index in [9.17, 15) is 9.59 Å². The Morgan fingerprint density at radius 3 is 2.88 bits per heavy atom. The highest BCUT2D eigenvalue weighted by Gasteiger charge is 2.32. The Balaban J connectivity index is 2.69. The Kier molecular flexibility index (Phi) is 4.42. The zero-order chi connectivity index (χ0) is 12.1. The van der Waals surface area contributed by atoms with Crippen LogP contribution in [-0.2, 0) is 19.1 Å². The molecule has 16 heavy (non-hydrogen) atoms. The molecule has 88 valence electrons. The minimum Gasteiger partial charge on any atom is -0.469 e. The quantitative estimate of drug-likeness (QED) is 0.412. The lowest BCUT2D eigenvalue weighted by molar-refractivity contribution is -0.156. The molecule has 0 aliphatic carbocycles. The molecule has 1 saturated heterocycles. The van der Waals surface area contributed by atoms with Crippen LogP contribution in [0, 0.1) is 0 Å². The van der Waals surface area contributed by atoms with Crippen molar-refractivity contribution in [3.63, 3.8) is 0 Å². The van der Waals surface area contributed by atoms with Crippen molar-refractivity contribution >= 4 is 29.3 Å². The molecule has 0 bridgehead atoms. The van der Waals surface area contributed by atoms with Crippen LogP contribution in [0.25, 0.3) is 0 Å². The number of hydrogen-bond donors (Lipinski definition) is 0. The molecule has 6 heteroatoms. The lowest BCUT2D eigenvalue weighted by atomic mass is 10.2. The fraction of sp³-hybridized carbons (Fsp3) is 0.500. The molecule has 0 radical (unpaired) electrons. The van der Waals surface area contributed by atoms with E-state index in [4.69, 9.17) is 21.7 Å². The Morgan fingerprint density at radius 1 is 1.75 bits per heavy atom. The summed E-state index contributed by atoms with van der Waals surface area (Å²) in [6.07, 6.45) is 0.915. The molecule has 1 heterocycles. The maximum Gasteiger partial charge on any atom is 0.303 e. The Morgan fingerprint density at radius 2 is 2.44 bits per heavy atom. The van der Waals surface area contributed by atoms with Gasteiger partial charge in [-0.3, -0.25) is 14.5 Å². The number of rotatable bonds is 4. The molecule has 0 aromatic carbocycles. The number of amides is 1. The van der Waals surface area contributed by atoms with Crippen LogP contribution in [-0.4, -0.2) is 41.2 Å². The van der Waals surface area contributed by atoms with Gasteiger partial charge in [0.1, 0.15) is 6.61 Å². The van der Waals surface area contributed by atoms with E-state index >= 15 is 0 Å². The average molecular weight is 243 g/mol. The third-order valence-corrected chi connectivity index (χ3v) is 2.33. The summed E-state index contributed by atoms with van der Waals surface area (Å²) < 4.78 is 9.89. The molecule has 1 aliphatic heterocycles. The van der Waals surface area contributed by atoms with Crippen LogP contribution in [0.3, 0.4) is 0 Å². The zero-order valence-corrected chi connectivity index (χ0v) is 9.79. The first-order valence-corrected chi connectivity index (χ1v) is 5.23. The van der Waals surface area contributed by atoms with Gasteiger partial charge in [0.25, 0.3) is 11.1 Å². The van der Waals surface area contributed by atoms with E-state index in [1.165, 1.54) is 17.9 Å². The summed E-state index contributed by atoms with van der Waals surface area (Å²) in [5.74, 6) is -0.871. The lowest BCUT2D eigenvalue weighted by Gasteiger charge is -2.19. The third kappa shape index (κ3) is 3.03. The average Bonchev–Trinajstić information content (AvgIpc) is 2.62. The van der Waals surface area contributed by atoms with Gasteiger partial charge in [-0.2, -0.15) is 0 Å². The molecule has 5 nitrogen and oxygen atoms in total.